The summed E-state index contributed by atoms with van der Waals surface area (Å²) in [7, 11) is 0. The lowest BCUT2D eigenvalue weighted by Gasteiger charge is -2.25. The van der Waals surface area contributed by atoms with Gasteiger partial charge >= 0.3 is 5.97 Å². The predicted molar refractivity (Wildman–Crippen MR) is 190 cm³/mol. The quantitative estimate of drug-likeness (QED) is 0.0336. The average molecular weight is 649 g/mol. The van der Waals surface area contributed by atoms with Crippen molar-refractivity contribution < 1.29 is 29.3 Å². The van der Waals surface area contributed by atoms with Crippen LogP contribution in [0.2, 0.25) is 0 Å². The van der Waals surface area contributed by atoms with E-state index in [1.54, 1.807) is 0 Å². The molecule has 6 nitrogen and oxygen atoms in total. The zero-order chi connectivity index (χ0) is 33.9. The zero-order valence-corrected chi connectivity index (χ0v) is 30.3. The number of aliphatic hydroxyl groups is 2. The standard InChI is InChI=1S/C40H72O6/c1-4-7-10-12-14-16-18-20-24-35(39(43)46-32-22-19-17-15-13-11-8-5-2)33-36(41)25-23-26-37-34(27-28-38(37)42)29-31-40(44,45)30-21-9-6-3/h33-34,37,44-45H,4-32H2,1-3H3/t34-,37-/m1/s1. The van der Waals surface area contributed by atoms with Gasteiger partial charge in [-0.25, -0.2) is 4.79 Å². The molecule has 1 rings (SSSR count). The lowest BCUT2D eigenvalue weighted by molar-refractivity contribution is -0.174. The lowest BCUT2D eigenvalue weighted by Crippen LogP contribution is -2.29. The molecule has 0 aromatic rings. The fraction of sp³-hybridized carbons (Fsp3) is 0.875. The highest BCUT2D eigenvalue weighted by Crippen LogP contribution is 2.37. The van der Waals surface area contributed by atoms with E-state index < -0.39 is 5.79 Å². The molecule has 268 valence electrons. The third-order valence-electron chi connectivity index (χ3n) is 9.91. The molecule has 46 heavy (non-hydrogen) atoms. The van der Waals surface area contributed by atoms with Crippen molar-refractivity contribution in [3.05, 3.63) is 11.6 Å². The molecule has 0 aromatic carbocycles. The lowest BCUT2D eigenvalue weighted by atomic mass is 9.85. The number of Topliss-reactive ketones (excluding diaryl/α,β-unsaturated/α-hetero) is 1. The summed E-state index contributed by atoms with van der Waals surface area (Å²) in [5.41, 5.74) is 0.496. The van der Waals surface area contributed by atoms with Crippen molar-refractivity contribution in [2.45, 2.75) is 206 Å². The van der Waals surface area contributed by atoms with Gasteiger partial charge in [-0.1, -0.05) is 124 Å². The Labute approximate surface area is 282 Å². The van der Waals surface area contributed by atoms with Crippen LogP contribution in [0.1, 0.15) is 201 Å². The van der Waals surface area contributed by atoms with Crippen LogP contribution >= 0.6 is 0 Å². The Hall–Kier alpha value is -1.53. The van der Waals surface area contributed by atoms with E-state index in [9.17, 15) is 24.6 Å². The Morgan fingerprint density at radius 1 is 0.696 bits per heavy atom. The molecule has 1 aliphatic rings. The third kappa shape index (κ3) is 21.4. The molecule has 0 amide bonds. The van der Waals surface area contributed by atoms with E-state index in [0.29, 0.717) is 57.1 Å². The van der Waals surface area contributed by atoms with Gasteiger partial charge in [0.1, 0.15) is 5.78 Å². The summed E-state index contributed by atoms with van der Waals surface area (Å²) in [6, 6.07) is 0. The van der Waals surface area contributed by atoms with E-state index in [0.717, 1.165) is 57.8 Å². The Kier molecular flexibility index (Phi) is 25.3. The molecule has 0 aromatic heterocycles. The van der Waals surface area contributed by atoms with Crippen molar-refractivity contribution >= 4 is 17.5 Å². The summed E-state index contributed by atoms with van der Waals surface area (Å²) >= 11 is 0. The summed E-state index contributed by atoms with van der Waals surface area (Å²) in [5, 5.41) is 20.8. The second-order valence-corrected chi connectivity index (χ2v) is 14.2. The van der Waals surface area contributed by atoms with Crippen LogP contribution in [0.25, 0.3) is 0 Å². The maximum Gasteiger partial charge on any atom is 0.334 e. The van der Waals surface area contributed by atoms with Gasteiger partial charge < -0.3 is 14.9 Å². The van der Waals surface area contributed by atoms with Crippen LogP contribution in [0, 0.1) is 11.8 Å². The van der Waals surface area contributed by atoms with Crippen molar-refractivity contribution in [2.24, 2.45) is 11.8 Å². The Morgan fingerprint density at radius 2 is 1.24 bits per heavy atom. The topological polar surface area (TPSA) is 101 Å². The SMILES string of the molecule is CCCCCCCCCCOC(=O)C(=CC(=O)CCC[C@H]1C(=O)CC[C@@H]1CCC(O)(O)CCCCC)CCCCCCCCCC. The van der Waals surface area contributed by atoms with Crippen molar-refractivity contribution in [3.63, 3.8) is 0 Å². The van der Waals surface area contributed by atoms with Crippen LogP contribution in [0.5, 0.6) is 0 Å². The summed E-state index contributed by atoms with van der Waals surface area (Å²) < 4.78 is 5.63. The van der Waals surface area contributed by atoms with Crippen molar-refractivity contribution in [3.8, 4) is 0 Å². The maximum absolute atomic E-state index is 13.0. The molecule has 0 aliphatic heterocycles. The van der Waals surface area contributed by atoms with Crippen LogP contribution < -0.4 is 0 Å². The first-order valence-corrected chi connectivity index (χ1v) is 19.6. The maximum atomic E-state index is 13.0. The van der Waals surface area contributed by atoms with Gasteiger partial charge in [0.15, 0.2) is 11.6 Å². The second kappa shape index (κ2) is 27.4. The highest BCUT2D eigenvalue weighted by Gasteiger charge is 2.35. The smallest absolute Gasteiger partial charge is 0.334 e. The normalized spacial score (nSPS) is 17.2. The van der Waals surface area contributed by atoms with Gasteiger partial charge in [-0.3, -0.25) is 9.59 Å². The number of allylic oxidation sites excluding steroid dienone is 1. The molecule has 0 unspecified atom stereocenters. The van der Waals surface area contributed by atoms with Crippen molar-refractivity contribution in [1.29, 1.82) is 0 Å². The number of rotatable bonds is 31. The van der Waals surface area contributed by atoms with E-state index in [1.807, 2.05) is 0 Å². The van der Waals surface area contributed by atoms with E-state index in [-0.39, 0.29) is 35.8 Å². The number of carbonyl (C=O) groups is 3. The Morgan fingerprint density at radius 3 is 1.85 bits per heavy atom. The highest BCUT2D eigenvalue weighted by molar-refractivity contribution is 5.99. The molecular weight excluding hydrogens is 576 g/mol. The van der Waals surface area contributed by atoms with Crippen LogP contribution in [0.15, 0.2) is 11.6 Å². The summed E-state index contributed by atoms with van der Waals surface area (Å²) in [6.45, 7) is 6.95. The number of carbonyl (C=O) groups excluding carboxylic acids is 3. The van der Waals surface area contributed by atoms with Gasteiger partial charge in [-0.15, -0.1) is 0 Å². The zero-order valence-electron chi connectivity index (χ0n) is 30.3. The Bertz CT molecular complexity index is 832. The first kappa shape index (κ1) is 42.5. The molecule has 0 spiro atoms. The summed E-state index contributed by atoms with van der Waals surface area (Å²) in [4.78, 5) is 38.7. The van der Waals surface area contributed by atoms with E-state index in [4.69, 9.17) is 4.74 Å². The first-order valence-electron chi connectivity index (χ1n) is 19.6. The molecular formula is C40H72O6. The van der Waals surface area contributed by atoms with Gasteiger partial charge in [0.2, 0.25) is 0 Å². The van der Waals surface area contributed by atoms with Gasteiger partial charge in [-0.2, -0.15) is 0 Å². The molecule has 0 radical (unpaired) electrons. The van der Waals surface area contributed by atoms with E-state index >= 15 is 0 Å². The molecule has 1 aliphatic carbocycles. The number of esters is 1. The number of hydrogen-bond donors (Lipinski definition) is 2. The molecule has 0 saturated heterocycles. The minimum absolute atomic E-state index is 0.0683. The van der Waals surface area contributed by atoms with Crippen LogP contribution in [0.3, 0.4) is 0 Å². The average Bonchev–Trinajstić information content (AvgIpc) is 3.38. The van der Waals surface area contributed by atoms with Crippen LogP contribution in [0.4, 0.5) is 0 Å². The third-order valence-corrected chi connectivity index (χ3v) is 9.91. The predicted octanol–water partition coefficient (Wildman–Crippen LogP) is 10.5. The van der Waals surface area contributed by atoms with Gasteiger partial charge in [0.05, 0.1) is 6.61 Å². The number of unbranched alkanes of at least 4 members (excludes halogenated alkanes) is 16. The molecule has 1 saturated carbocycles. The molecule has 2 N–H and O–H groups in total. The summed E-state index contributed by atoms with van der Waals surface area (Å²) in [5.74, 6) is -1.81. The fourth-order valence-electron chi connectivity index (χ4n) is 6.86. The highest BCUT2D eigenvalue weighted by atomic mass is 16.5. The van der Waals surface area contributed by atoms with Gasteiger partial charge in [0, 0.05) is 37.2 Å². The Balaban J connectivity index is 2.57. The molecule has 6 heteroatoms. The molecule has 1 fully saturated rings. The first-order chi connectivity index (χ1) is 22.2. The second-order valence-electron chi connectivity index (χ2n) is 14.2. The van der Waals surface area contributed by atoms with Crippen molar-refractivity contribution in [2.75, 3.05) is 6.61 Å². The number of ketones is 2. The van der Waals surface area contributed by atoms with Crippen molar-refractivity contribution in [1.82, 2.24) is 0 Å². The van der Waals surface area contributed by atoms with Crippen LogP contribution in [-0.4, -0.2) is 40.1 Å². The minimum Gasteiger partial charge on any atom is -0.462 e. The van der Waals surface area contributed by atoms with E-state index in [1.165, 1.54) is 76.7 Å². The number of hydrogen-bond acceptors (Lipinski definition) is 6. The summed E-state index contributed by atoms with van der Waals surface area (Å²) in [6.07, 6.45) is 27.9. The molecule has 2 atom stereocenters. The largest absolute Gasteiger partial charge is 0.462 e. The fourth-order valence-corrected chi connectivity index (χ4v) is 6.86. The van der Waals surface area contributed by atoms with Crippen LogP contribution in [-0.2, 0) is 19.1 Å². The van der Waals surface area contributed by atoms with Gasteiger partial charge in [-0.05, 0) is 63.4 Å². The van der Waals surface area contributed by atoms with E-state index in [2.05, 4.69) is 20.8 Å². The monoisotopic (exact) mass is 649 g/mol. The van der Waals surface area contributed by atoms with Gasteiger partial charge in [0.25, 0.3) is 0 Å². The minimum atomic E-state index is -1.67. The molecule has 0 heterocycles. The molecule has 0 bridgehead atoms. The number of ether oxygens (including phenoxy) is 1.